The van der Waals surface area contributed by atoms with E-state index in [1.165, 1.54) is 6.92 Å². The topological polar surface area (TPSA) is 243 Å². The van der Waals surface area contributed by atoms with Crippen LogP contribution in [-0.4, -0.2) is 0 Å². The molecule has 0 bridgehead atoms. The van der Waals surface area contributed by atoms with Crippen molar-refractivity contribution in [3.8, 4) is 6.07 Å². The van der Waals surface area contributed by atoms with Gasteiger partial charge in [-0.3, -0.25) is 0 Å². The molecule has 0 aromatic rings. The maximum Gasteiger partial charge on any atom is 0 e. The molecule has 28 heavy (non-hydrogen) atoms. The fourth-order valence-corrected chi connectivity index (χ4v) is 0. The standard InChI is InChI=1S/C2H3N.11CO.3Ru/c1-2-3;11*1-2;;;/h1H3;;;;;;;;;;;;;;. The van der Waals surface area contributed by atoms with Crippen LogP contribution in [0.2, 0.25) is 0 Å². The fourth-order valence-electron chi connectivity index (χ4n) is 0. The van der Waals surface area contributed by atoms with Gasteiger partial charge in [-0.1, -0.05) is 0 Å². The first-order chi connectivity index (χ1) is 12.4. The molecule has 0 aliphatic carbocycles. The molecule has 0 saturated heterocycles. The Morgan fingerprint density at radius 1 is 0.357 bits per heavy atom. The molecule has 0 N–H and O–H groups in total. The average molecular weight is 652 g/mol. The molecule has 0 radical (unpaired) electrons. The third-order valence-corrected chi connectivity index (χ3v) is 0. The van der Waals surface area contributed by atoms with Crippen molar-refractivity contribution in [1.29, 1.82) is 5.26 Å². The molecule has 0 spiro atoms. The summed E-state index contributed by atoms with van der Waals surface area (Å²) in [6.07, 6.45) is 0. The van der Waals surface area contributed by atoms with Gasteiger partial charge in [0, 0.05) is 65.4 Å². The first-order valence-corrected chi connectivity index (χ1v) is 2.97. The summed E-state index contributed by atoms with van der Waals surface area (Å²) in [5, 5.41) is 7.32. The van der Waals surface area contributed by atoms with Crippen LogP contribution >= 0.6 is 0 Å². The summed E-state index contributed by atoms with van der Waals surface area (Å²) >= 11 is 0. The molecule has 0 aliphatic heterocycles. The summed E-state index contributed by atoms with van der Waals surface area (Å²) in [4.78, 5) is 0. The van der Waals surface area contributed by atoms with Crippen LogP contribution in [-0.2, 0) is 110 Å². The number of rotatable bonds is 0. The number of hydrogen-bond acceptors (Lipinski definition) is 1. The molecular formula is C13H3NO11Ru3. The van der Waals surface area contributed by atoms with Gasteiger partial charge in [0.25, 0.3) is 0 Å². The van der Waals surface area contributed by atoms with Crippen molar-refractivity contribution in [3.63, 3.8) is 0 Å². The minimum atomic E-state index is 0. The first kappa shape index (κ1) is 130. The Morgan fingerprint density at radius 2 is 0.357 bits per heavy atom. The Hall–Kier alpha value is -1.50. The van der Waals surface area contributed by atoms with Crippen molar-refractivity contribution < 1.29 is 110 Å². The van der Waals surface area contributed by atoms with Crippen LogP contribution < -0.4 is 0 Å². The Morgan fingerprint density at radius 3 is 0.357 bits per heavy atom. The summed E-state index contributed by atoms with van der Waals surface area (Å²) in [7, 11) is 0. The molecule has 0 rings (SSSR count). The van der Waals surface area contributed by atoms with Gasteiger partial charge in [0.05, 0.1) is 6.07 Å². The summed E-state index contributed by atoms with van der Waals surface area (Å²) in [6.45, 7) is 50.9. The van der Waals surface area contributed by atoms with E-state index in [9.17, 15) is 0 Å². The number of nitriles is 1. The Balaban J connectivity index is -0.00000000503. The van der Waals surface area contributed by atoms with Gasteiger partial charge < -0.3 is 0 Å². The summed E-state index contributed by atoms with van der Waals surface area (Å²) in [6, 6.07) is 1.75. The molecule has 0 amide bonds. The van der Waals surface area contributed by atoms with Gasteiger partial charge in [-0.15, -0.1) is 0 Å². The fraction of sp³-hybridized carbons (Fsp3) is 0.0769. The van der Waals surface area contributed by atoms with Crippen LogP contribution in [0.3, 0.4) is 0 Å². The molecule has 0 aromatic heterocycles. The van der Waals surface area contributed by atoms with E-state index in [1.54, 1.807) is 6.07 Å². The Kier molecular flexibility index (Phi) is 285000. The van der Waals surface area contributed by atoms with E-state index in [2.05, 4.69) is 73.2 Å². The SMILES string of the molecule is CC#N.[C-]#[O+].[C-]#[O+].[C-]#[O+].[C-]#[O+].[C-]#[O+].[C-]#[O+].[C-]#[O+].[C-]#[O+].[C-]#[O+].[C-]#[O+].[C-]#[O+].[Ru].[Ru].[Ru]. The zero-order chi connectivity index (χ0) is 24.7. The van der Waals surface area contributed by atoms with Crippen molar-refractivity contribution in [3.05, 3.63) is 73.2 Å². The molecule has 15 heteroatoms. The summed E-state index contributed by atoms with van der Waals surface area (Å²) < 4.78 is 82.5. The van der Waals surface area contributed by atoms with Crippen LogP contribution in [0, 0.1) is 84.5 Å². The van der Waals surface area contributed by atoms with E-state index in [0.717, 1.165) is 0 Å². The molecule has 0 aliphatic rings. The monoisotopic (exact) mass is 655 g/mol. The smallest absolute Gasteiger partial charge is 0 e. The van der Waals surface area contributed by atoms with E-state index in [-0.39, 0.29) is 58.4 Å². The Labute approximate surface area is 200 Å². The van der Waals surface area contributed by atoms with Crippen LogP contribution in [0.1, 0.15) is 6.92 Å². The maximum atomic E-state index is 7.50. The van der Waals surface area contributed by atoms with Gasteiger partial charge in [-0.05, 0) is 0 Å². The van der Waals surface area contributed by atoms with Crippen LogP contribution in [0.5, 0.6) is 0 Å². The normalized spacial score (nSPS) is 1.07. The Bertz CT molecular complexity index is 280. The quantitative estimate of drug-likeness (QED) is 0.198. The molecule has 0 heterocycles. The predicted octanol–water partition coefficient (Wildman–Crippen LogP) is 0.110. The maximum absolute atomic E-state index is 7.50. The molecule has 0 saturated carbocycles. The van der Waals surface area contributed by atoms with Gasteiger partial charge in [0.2, 0.25) is 0 Å². The zero-order valence-electron chi connectivity index (χ0n) is 13.0. The minimum Gasteiger partial charge on any atom is 0 e. The molecular weight excluding hydrogens is 649 g/mol. The van der Waals surface area contributed by atoms with Gasteiger partial charge in [0.1, 0.15) is 0 Å². The van der Waals surface area contributed by atoms with Crippen LogP contribution in [0.4, 0.5) is 0 Å². The van der Waals surface area contributed by atoms with E-state index in [4.69, 9.17) is 56.4 Å². The largest absolute Gasteiger partial charge is 0 e. The molecule has 0 fully saturated rings. The molecule has 0 aromatic carbocycles. The molecule has 0 atom stereocenters. The molecule has 0 unspecified atom stereocenters. The van der Waals surface area contributed by atoms with Gasteiger partial charge in [0.15, 0.2) is 0 Å². The second kappa shape index (κ2) is 61300. The van der Waals surface area contributed by atoms with Crippen molar-refractivity contribution in [2.75, 3.05) is 0 Å². The first-order valence-electron chi connectivity index (χ1n) is 2.97. The van der Waals surface area contributed by atoms with Gasteiger partial charge in [-0.2, -0.15) is 5.26 Å². The van der Waals surface area contributed by atoms with Crippen molar-refractivity contribution >= 4 is 0 Å². The van der Waals surface area contributed by atoms with Crippen molar-refractivity contribution in [2.24, 2.45) is 0 Å². The zero-order valence-corrected chi connectivity index (χ0v) is 18.2. The van der Waals surface area contributed by atoms with Crippen LogP contribution in [0.25, 0.3) is 0 Å². The van der Waals surface area contributed by atoms with E-state index in [0.29, 0.717) is 0 Å². The van der Waals surface area contributed by atoms with Crippen molar-refractivity contribution in [2.45, 2.75) is 6.92 Å². The van der Waals surface area contributed by atoms with E-state index < -0.39 is 0 Å². The average Bonchev–Trinajstić information content (AvgIpc) is 2.83. The predicted molar refractivity (Wildman–Crippen MR) is 54.5 cm³/mol. The molecule has 150 valence electrons. The third kappa shape index (κ3) is 6010. The number of hydrogen-bond donors (Lipinski definition) is 0. The number of nitrogens with zero attached hydrogens (tertiary/aromatic N) is 1. The van der Waals surface area contributed by atoms with Crippen LogP contribution in [0.15, 0.2) is 0 Å². The van der Waals surface area contributed by atoms with Gasteiger partial charge in [-0.25, -0.2) is 0 Å². The van der Waals surface area contributed by atoms with Crippen molar-refractivity contribution in [1.82, 2.24) is 0 Å². The van der Waals surface area contributed by atoms with E-state index >= 15 is 0 Å². The molecule has 12 nitrogen and oxygen atoms in total. The van der Waals surface area contributed by atoms with E-state index in [1.807, 2.05) is 0 Å². The minimum absolute atomic E-state index is 0. The van der Waals surface area contributed by atoms with Gasteiger partial charge >= 0.3 is 124 Å². The third-order valence-electron chi connectivity index (χ3n) is 0. The summed E-state index contributed by atoms with van der Waals surface area (Å²) in [5.74, 6) is 0. The summed E-state index contributed by atoms with van der Waals surface area (Å²) in [5.41, 5.74) is 0. The second-order valence-electron chi connectivity index (χ2n) is 0.224. The second-order valence-corrected chi connectivity index (χ2v) is 0.224.